The highest BCUT2D eigenvalue weighted by Crippen LogP contribution is 2.44. The fourth-order valence-corrected chi connectivity index (χ4v) is 7.94. The third-order valence-corrected chi connectivity index (χ3v) is 9.79. The summed E-state index contributed by atoms with van der Waals surface area (Å²) in [7, 11) is 0. The Labute approximate surface area is 226 Å². The first-order chi connectivity index (χ1) is 18.5. The third-order valence-electron chi connectivity index (χ3n) is 9.79. The molecule has 6 nitrogen and oxygen atoms in total. The number of rotatable bonds is 7. The maximum atomic E-state index is 12.0. The van der Waals surface area contributed by atoms with Crippen LogP contribution in [0.4, 0.5) is 0 Å². The molecular formula is C32H42N4O2. The average Bonchev–Trinajstić information content (AvgIpc) is 3.51. The molecule has 3 aliphatic rings. The summed E-state index contributed by atoms with van der Waals surface area (Å²) in [5.74, 6) is 1.46. The van der Waals surface area contributed by atoms with Gasteiger partial charge in [-0.05, 0) is 56.2 Å². The van der Waals surface area contributed by atoms with Crippen molar-refractivity contribution in [3.63, 3.8) is 0 Å². The largest absolute Gasteiger partial charge is 0.481 e. The number of para-hydroxylation sites is 2. The molecule has 6 heteroatoms. The summed E-state index contributed by atoms with van der Waals surface area (Å²) in [5.41, 5.74) is 3.60. The van der Waals surface area contributed by atoms with Crippen LogP contribution < -0.4 is 0 Å². The van der Waals surface area contributed by atoms with Gasteiger partial charge in [0.25, 0.3) is 0 Å². The number of hydrogen-bond donors (Lipinski definition) is 1. The molecule has 3 heterocycles. The van der Waals surface area contributed by atoms with Gasteiger partial charge in [-0.25, -0.2) is 4.98 Å². The lowest BCUT2D eigenvalue weighted by molar-refractivity contribution is -0.141. The summed E-state index contributed by atoms with van der Waals surface area (Å²) < 4.78 is 2.47. The van der Waals surface area contributed by atoms with Gasteiger partial charge < -0.3 is 14.6 Å². The number of carbonyl (C=O) groups is 1. The fourth-order valence-electron chi connectivity index (χ4n) is 7.94. The molecule has 202 valence electrons. The summed E-state index contributed by atoms with van der Waals surface area (Å²) in [4.78, 5) is 22.1. The van der Waals surface area contributed by atoms with Crippen LogP contribution in [-0.4, -0.2) is 68.7 Å². The molecule has 6 rings (SSSR count). The van der Waals surface area contributed by atoms with Crippen LogP contribution in [-0.2, 0) is 4.79 Å². The molecule has 2 aromatic carbocycles. The molecule has 1 N–H and O–H groups in total. The van der Waals surface area contributed by atoms with Crippen LogP contribution in [0.15, 0.2) is 54.6 Å². The normalized spacial score (nSPS) is 25.2. The van der Waals surface area contributed by atoms with Gasteiger partial charge in [0.1, 0.15) is 5.82 Å². The smallest absolute Gasteiger partial charge is 0.305 e. The van der Waals surface area contributed by atoms with Crippen LogP contribution >= 0.6 is 0 Å². The molecule has 3 fully saturated rings. The molecule has 2 saturated heterocycles. The minimum atomic E-state index is -0.643. The molecule has 1 aromatic heterocycles. The third kappa shape index (κ3) is 5.01. The lowest BCUT2D eigenvalue weighted by Crippen LogP contribution is -2.50. The van der Waals surface area contributed by atoms with Gasteiger partial charge in [0.05, 0.1) is 17.5 Å². The summed E-state index contributed by atoms with van der Waals surface area (Å²) >= 11 is 0. The summed E-state index contributed by atoms with van der Waals surface area (Å²) in [6.45, 7) is 7.44. The Hall–Kier alpha value is -2.70. The average molecular weight is 515 g/mol. The van der Waals surface area contributed by atoms with Crippen molar-refractivity contribution < 1.29 is 9.90 Å². The van der Waals surface area contributed by atoms with Crippen LogP contribution in [0.1, 0.15) is 74.7 Å². The molecule has 38 heavy (non-hydrogen) atoms. The highest BCUT2D eigenvalue weighted by atomic mass is 16.4. The molecule has 1 aliphatic carbocycles. The molecular weight excluding hydrogens is 472 g/mol. The number of piperidine rings is 1. The number of aliphatic carboxylic acids is 1. The van der Waals surface area contributed by atoms with Crippen molar-refractivity contribution in [1.29, 1.82) is 0 Å². The maximum absolute atomic E-state index is 12.0. The second-order valence-corrected chi connectivity index (χ2v) is 12.1. The molecule has 0 amide bonds. The van der Waals surface area contributed by atoms with Gasteiger partial charge >= 0.3 is 5.97 Å². The van der Waals surface area contributed by atoms with E-state index < -0.39 is 5.97 Å². The SMILES string of the molecule is Cc1nc2ccccc2n1C1CCN(CC2CN(C3(CC(=O)O)CCCCC3)CC2c2ccccc2)CC1. The molecule has 3 aromatic rings. The zero-order valence-electron chi connectivity index (χ0n) is 22.8. The van der Waals surface area contributed by atoms with E-state index in [2.05, 4.69) is 75.9 Å². The van der Waals surface area contributed by atoms with Gasteiger partial charge in [0.2, 0.25) is 0 Å². The van der Waals surface area contributed by atoms with Crippen LogP contribution in [0.3, 0.4) is 0 Å². The Bertz CT molecular complexity index is 1240. The Morgan fingerprint density at radius 1 is 0.974 bits per heavy atom. The van der Waals surface area contributed by atoms with Gasteiger partial charge in [0, 0.05) is 50.2 Å². The predicted octanol–water partition coefficient (Wildman–Crippen LogP) is 5.87. The van der Waals surface area contributed by atoms with Gasteiger partial charge in [-0.2, -0.15) is 0 Å². The highest BCUT2D eigenvalue weighted by molar-refractivity contribution is 5.76. The van der Waals surface area contributed by atoms with E-state index in [1.807, 2.05) is 0 Å². The van der Waals surface area contributed by atoms with Crippen molar-refractivity contribution >= 4 is 17.0 Å². The van der Waals surface area contributed by atoms with Gasteiger partial charge in [-0.15, -0.1) is 0 Å². The molecule has 1 saturated carbocycles. The molecule has 0 radical (unpaired) electrons. The fraction of sp³-hybridized carbons (Fsp3) is 0.562. The van der Waals surface area contributed by atoms with Crippen LogP contribution in [0.5, 0.6) is 0 Å². The number of carboxylic acids is 1. The second-order valence-electron chi connectivity index (χ2n) is 12.1. The first-order valence-corrected chi connectivity index (χ1v) is 14.7. The zero-order valence-corrected chi connectivity index (χ0v) is 22.8. The standard InChI is InChI=1S/C32H42N4O2/c1-24-33-29-12-6-7-13-30(29)36(24)27-14-18-34(19-15-27)21-26-22-35(23-28(26)25-10-4-2-5-11-25)32(20-31(37)38)16-8-3-9-17-32/h2,4-7,10-13,26-28H,3,8-9,14-23H2,1H3,(H,37,38). The number of fused-ring (bicyclic) bond motifs is 1. The summed E-state index contributed by atoms with van der Waals surface area (Å²) in [6.07, 6.45) is 8.17. The van der Waals surface area contributed by atoms with Crippen molar-refractivity contribution in [2.75, 3.05) is 32.7 Å². The number of carboxylic acid groups (broad SMARTS) is 1. The van der Waals surface area contributed by atoms with Gasteiger partial charge in [-0.3, -0.25) is 9.69 Å². The van der Waals surface area contributed by atoms with Crippen molar-refractivity contribution in [2.45, 2.75) is 75.8 Å². The van der Waals surface area contributed by atoms with Crippen molar-refractivity contribution in [1.82, 2.24) is 19.4 Å². The van der Waals surface area contributed by atoms with Gasteiger partial charge in [-0.1, -0.05) is 61.7 Å². The first-order valence-electron chi connectivity index (χ1n) is 14.7. The van der Waals surface area contributed by atoms with Crippen molar-refractivity contribution in [2.24, 2.45) is 5.92 Å². The Kier molecular flexibility index (Phi) is 7.28. The number of benzene rings is 2. The number of likely N-dealkylation sites (tertiary alicyclic amines) is 2. The highest BCUT2D eigenvalue weighted by Gasteiger charge is 2.46. The van der Waals surface area contributed by atoms with Crippen LogP contribution in [0.2, 0.25) is 0 Å². The van der Waals surface area contributed by atoms with E-state index in [0.717, 1.165) is 82.6 Å². The number of nitrogens with zero attached hydrogens (tertiary/aromatic N) is 4. The lowest BCUT2D eigenvalue weighted by Gasteiger charge is -2.44. The van der Waals surface area contributed by atoms with E-state index in [-0.39, 0.29) is 12.0 Å². The van der Waals surface area contributed by atoms with E-state index in [1.54, 1.807) is 0 Å². The quantitative estimate of drug-likeness (QED) is 0.427. The number of hydrogen-bond acceptors (Lipinski definition) is 4. The van der Waals surface area contributed by atoms with E-state index in [1.165, 1.54) is 17.5 Å². The summed E-state index contributed by atoms with van der Waals surface area (Å²) in [6, 6.07) is 20.0. The minimum Gasteiger partial charge on any atom is -0.481 e. The number of imidazole rings is 1. The van der Waals surface area contributed by atoms with Crippen molar-refractivity contribution in [3.8, 4) is 0 Å². The molecule has 2 unspecified atom stereocenters. The Balaban J connectivity index is 1.18. The van der Waals surface area contributed by atoms with E-state index in [9.17, 15) is 9.90 Å². The first kappa shape index (κ1) is 25.6. The van der Waals surface area contributed by atoms with Crippen LogP contribution in [0.25, 0.3) is 11.0 Å². The predicted molar refractivity (Wildman–Crippen MR) is 151 cm³/mol. The Morgan fingerprint density at radius 3 is 2.42 bits per heavy atom. The van der Waals surface area contributed by atoms with Crippen LogP contribution in [0, 0.1) is 12.8 Å². The van der Waals surface area contributed by atoms with E-state index in [0.29, 0.717) is 17.9 Å². The molecule has 2 atom stereocenters. The van der Waals surface area contributed by atoms with E-state index >= 15 is 0 Å². The minimum absolute atomic E-state index is 0.168. The van der Waals surface area contributed by atoms with E-state index in [4.69, 9.17) is 4.98 Å². The molecule has 0 spiro atoms. The zero-order chi connectivity index (χ0) is 26.1. The monoisotopic (exact) mass is 514 g/mol. The second kappa shape index (κ2) is 10.8. The van der Waals surface area contributed by atoms with Crippen molar-refractivity contribution in [3.05, 3.63) is 66.0 Å². The molecule has 2 aliphatic heterocycles. The van der Waals surface area contributed by atoms with Gasteiger partial charge in [0.15, 0.2) is 0 Å². The lowest BCUT2D eigenvalue weighted by atomic mass is 9.78. The topological polar surface area (TPSA) is 61.6 Å². The Morgan fingerprint density at radius 2 is 1.68 bits per heavy atom. The summed E-state index contributed by atoms with van der Waals surface area (Å²) in [5, 5.41) is 9.85. The molecule has 0 bridgehead atoms. The number of aromatic nitrogens is 2. The number of aryl methyl sites for hydroxylation is 1. The maximum Gasteiger partial charge on any atom is 0.305 e.